The van der Waals surface area contributed by atoms with E-state index in [0.29, 0.717) is 13.2 Å². The first-order chi connectivity index (χ1) is 10.1. The number of aromatic nitrogens is 1. The van der Waals surface area contributed by atoms with Crippen LogP contribution >= 0.6 is 0 Å². The highest BCUT2D eigenvalue weighted by Gasteiger charge is 2.37. The van der Waals surface area contributed by atoms with Crippen molar-refractivity contribution in [2.75, 3.05) is 19.7 Å². The summed E-state index contributed by atoms with van der Waals surface area (Å²) in [6, 6.07) is 10.2. The summed E-state index contributed by atoms with van der Waals surface area (Å²) in [6.45, 7) is 4.29. The Labute approximate surface area is 123 Å². The molecule has 0 radical (unpaired) electrons. The van der Waals surface area contributed by atoms with Crippen molar-refractivity contribution in [2.24, 2.45) is 5.73 Å². The number of carbonyl (C=O) groups excluding carboxylic acids is 1. The van der Waals surface area contributed by atoms with E-state index in [2.05, 4.69) is 28.1 Å². The van der Waals surface area contributed by atoms with Gasteiger partial charge in [-0.15, -0.1) is 0 Å². The number of amides is 1. The van der Waals surface area contributed by atoms with Gasteiger partial charge in [0.05, 0.1) is 12.1 Å². The number of carbonyl (C=O) groups is 1. The second-order valence-corrected chi connectivity index (χ2v) is 5.65. The van der Waals surface area contributed by atoms with E-state index in [-0.39, 0.29) is 0 Å². The number of fused-ring (bicyclic) bond motifs is 1. The predicted octanol–water partition coefficient (Wildman–Crippen LogP) is 1.31. The van der Waals surface area contributed by atoms with Gasteiger partial charge < -0.3 is 10.5 Å². The molecule has 0 bridgehead atoms. The Morgan fingerprint density at radius 2 is 2.24 bits per heavy atom. The van der Waals surface area contributed by atoms with Gasteiger partial charge in [-0.3, -0.25) is 14.7 Å². The molecule has 1 aliphatic heterocycles. The summed E-state index contributed by atoms with van der Waals surface area (Å²) in [6.07, 6.45) is 1.80. The maximum absolute atomic E-state index is 11.5. The molecule has 0 unspecified atom stereocenters. The van der Waals surface area contributed by atoms with Gasteiger partial charge in [-0.2, -0.15) is 0 Å². The highest BCUT2D eigenvalue weighted by atomic mass is 16.5. The van der Waals surface area contributed by atoms with E-state index >= 15 is 0 Å². The number of nitrogens with two attached hydrogens (primary N) is 1. The first-order valence-corrected chi connectivity index (χ1v) is 7.07. The molecule has 2 aromatic rings. The second kappa shape index (κ2) is 5.42. The van der Waals surface area contributed by atoms with E-state index in [1.807, 2.05) is 12.1 Å². The molecule has 1 atom stereocenters. The number of pyridine rings is 1. The second-order valence-electron chi connectivity index (χ2n) is 5.65. The Morgan fingerprint density at radius 3 is 3.05 bits per heavy atom. The summed E-state index contributed by atoms with van der Waals surface area (Å²) in [7, 11) is 0. The topological polar surface area (TPSA) is 68.5 Å². The highest BCUT2D eigenvalue weighted by Crippen LogP contribution is 2.22. The van der Waals surface area contributed by atoms with Gasteiger partial charge >= 0.3 is 0 Å². The van der Waals surface area contributed by atoms with Gasteiger partial charge in [0.25, 0.3) is 5.91 Å². The molecule has 2 N–H and O–H groups in total. The summed E-state index contributed by atoms with van der Waals surface area (Å²) in [5, 5.41) is 1.13. The van der Waals surface area contributed by atoms with Crippen LogP contribution in [0.25, 0.3) is 10.9 Å². The number of para-hydroxylation sites is 1. The molecule has 1 aromatic heterocycles. The summed E-state index contributed by atoms with van der Waals surface area (Å²) >= 11 is 0. The van der Waals surface area contributed by atoms with Crippen molar-refractivity contribution in [3.05, 3.63) is 42.1 Å². The Morgan fingerprint density at radius 1 is 1.43 bits per heavy atom. The molecule has 5 nitrogen and oxygen atoms in total. The molecule has 2 heterocycles. The van der Waals surface area contributed by atoms with E-state index in [0.717, 1.165) is 29.6 Å². The number of primary amides is 1. The minimum absolute atomic E-state index is 0.414. The van der Waals surface area contributed by atoms with Gasteiger partial charge in [0.15, 0.2) is 5.60 Å². The lowest BCUT2D eigenvalue weighted by molar-refractivity contribution is -0.153. The van der Waals surface area contributed by atoms with Crippen molar-refractivity contribution in [1.82, 2.24) is 9.88 Å². The molecule has 5 heteroatoms. The van der Waals surface area contributed by atoms with E-state index in [1.54, 1.807) is 13.1 Å². The Bertz CT molecular complexity index is 668. The summed E-state index contributed by atoms with van der Waals surface area (Å²) < 4.78 is 5.55. The molecule has 0 saturated carbocycles. The summed E-state index contributed by atoms with van der Waals surface area (Å²) in [5.74, 6) is -0.414. The van der Waals surface area contributed by atoms with Crippen molar-refractivity contribution >= 4 is 16.8 Å². The van der Waals surface area contributed by atoms with Crippen LogP contribution in [0.15, 0.2) is 36.5 Å². The zero-order valence-electron chi connectivity index (χ0n) is 12.1. The quantitative estimate of drug-likeness (QED) is 0.923. The zero-order valence-corrected chi connectivity index (χ0v) is 12.1. The number of nitrogens with zero attached hydrogens (tertiary/aromatic N) is 2. The zero-order chi connectivity index (χ0) is 14.9. The van der Waals surface area contributed by atoms with Crippen molar-refractivity contribution in [3.63, 3.8) is 0 Å². The van der Waals surface area contributed by atoms with Crippen molar-refractivity contribution in [2.45, 2.75) is 19.1 Å². The smallest absolute Gasteiger partial charge is 0.250 e. The minimum atomic E-state index is -0.906. The van der Waals surface area contributed by atoms with Crippen molar-refractivity contribution in [1.29, 1.82) is 0 Å². The molecule has 1 aliphatic rings. The molecular weight excluding hydrogens is 266 g/mol. The lowest BCUT2D eigenvalue weighted by Crippen LogP contribution is -2.56. The molecule has 0 aliphatic carbocycles. The fourth-order valence-electron chi connectivity index (χ4n) is 2.77. The van der Waals surface area contributed by atoms with Crippen molar-refractivity contribution < 1.29 is 9.53 Å². The van der Waals surface area contributed by atoms with E-state index in [9.17, 15) is 4.79 Å². The van der Waals surface area contributed by atoms with Gasteiger partial charge in [-0.25, -0.2) is 0 Å². The average molecular weight is 285 g/mol. The lowest BCUT2D eigenvalue weighted by Gasteiger charge is -2.38. The van der Waals surface area contributed by atoms with Crippen LogP contribution in [0.4, 0.5) is 0 Å². The predicted molar refractivity (Wildman–Crippen MR) is 80.6 cm³/mol. The number of ether oxygens (including phenoxy) is 1. The average Bonchev–Trinajstić information content (AvgIpc) is 2.48. The molecule has 1 saturated heterocycles. The van der Waals surface area contributed by atoms with E-state index in [4.69, 9.17) is 10.5 Å². The molecule has 1 aromatic carbocycles. The number of hydrogen-bond acceptors (Lipinski definition) is 4. The minimum Gasteiger partial charge on any atom is -0.367 e. The van der Waals surface area contributed by atoms with Gasteiger partial charge in [0.2, 0.25) is 0 Å². The standard InChI is InChI=1S/C16H19N3O2/c1-16(15(17)20)11-19(8-9-21-16)10-13-5-2-4-12-6-3-7-18-14(12)13/h2-7H,8-11H2,1H3,(H2,17,20)/t16-/m0/s1. The third-order valence-electron chi connectivity index (χ3n) is 3.98. The third kappa shape index (κ3) is 2.75. The summed E-state index contributed by atoms with van der Waals surface area (Å²) in [4.78, 5) is 18.2. The van der Waals surface area contributed by atoms with Crippen LogP contribution in [0.1, 0.15) is 12.5 Å². The fraction of sp³-hybridized carbons (Fsp3) is 0.375. The van der Waals surface area contributed by atoms with Crippen LogP contribution in [0.3, 0.4) is 0 Å². The van der Waals surface area contributed by atoms with Crippen LogP contribution in [0.2, 0.25) is 0 Å². The normalized spacial score (nSPS) is 23.3. The maximum atomic E-state index is 11.5. The fourth-order valence-corrected chi connectivity index (χ4v) is 2.77. The largest absolute Gasteiger partial charge is 0.367 e. The van der Waals surface area contributed by atoms with Crippen LogP contribution in [-0.2, 0) is 16.1 Å². The van der Waals surface area contributed by atoms with E-state index < -0.39 is 11.5 Å². The molecule has 3 rings (SSSR count). The van der Waals surface area contributed by atoms with Crippen LogP contribution < -0.4 is 5.73 Å². The highest BCUT2D eigenvalue weighted by molar-refractivity contribution is 5.83. The maximum Gasteiger partial charge on any atom is 0.250 e. The molecule has 1 fully saturated rings. The van der Waals surface area contributed by atoms with Crippen LogP contribution in [0, 0.1) is 0 Å². The number of benzene rings is 1. The number of hydrogen-bond donors (Lipinski definition) is 1. The molecule has 1 amide bonds. The number of rotatable bonds is 3. The first-order valence-electron chi connectivity index (χ1n) is 7.07. The molecule has 110 valence electrons. The monoisotopic (exact) mass is 285 g/mol. The molecular formula is C16H19N3O2. The Hall–Kier alpha value is -1.98. The molecule has 0 spiro atoms. The Balaban J connectivity index is 1.84. The van der Waals surface area contributed by atoms with Crippen LogP contribution in [0.5, 0.6) is 0 Å². The molecule has 21 heavy (non-hydrogen) atoms. The number of morpholine rings is 1. The first kappa shape index (κ1) is 14.0. The van der Waals surface area contributed by atoms with Gasteiger partial charge in [-0.05, 0) is 18.6 Å². The lowest BCUT2D eigenvalue weighted by atomic mass is 10.0. The van der Waals surface area contributed by atoms with Gasteiger partial charge in [0.1, 0.15) is 0 Å². The van der Waals surface area contributed by atoms with Gasteiger partial charge in [0, 0.05) is 31.2 Å². The Kier molecular flexibility index (Phi) is 3.61. The van der Waals surface area contributed by atoms with Gasteiger partial charge in [-0.1, -0.05) is 24.3 Å². The van der Waals surface area contributed by atoms with Crippen LogP contribution in [-0.4, -0.2) is 41.1 Å². The van der Waals surface area contributed by atoms with Crippen molar-refractivity contribution in [3.8, 4) is 0 Å². The third-order valence-corrected chi connectivity index (χ3v) is 3.98. The summed E-state index contributed by atoms with van der Waals surface area (Å²) in [5.41, 5.74) is 6.70. The SMILES string of the molecule is C[C@@]1(C(N)=O)CN(Cc2cccc3cccnc23)CCO1. The van der Waals surface area contributed by atoms with E-state index in [1.165, 1.54) is 0 Å².